The third-order valence-electron chi connectivity index (χ3n) is 5.86. The molecule has 1 aliphatic heterocycles. The fourth-order valence-electron chi connectivity index (χ4n) is 4.30. The number of aryl methyl sites for hydroxylation is 1. The van der Waals surface area contributed by atoms with Gasteiger partial charge in [0, 0.05) is 11.0 Å². The fraction of sp³-hybridized carbons (Fsp3) is 0.350. The Kier molecular flexibility index (Phi) is 3.95. The maximum atomic E-state index is 13.1. The summed E-state index contributed by atoms with van der Waals surface area (Å²) < 4.78 is 28.3. The van der Waals surface area contributed by atoms with Crippen molar-refractivity contribution in [3.63, 3.8) is 0 Å². The Morgan fingerprint density at radius 2 is 1.81 bits per heavy atom. The summed E-state index contributed by atoms with van der Waals surface area (Å²) in [6.45, 7) is 4.22. The molecule has 2 aromatic rings. The molecule has 6 heteroatoms. The van der Waals surface area contributed by atoms with Crippen LogP contribution in [0.1, 0.15) is 24.5 Å². The summed E-state index contributed by atoms with van der Waals surface area (Å²) >= 11 is 3.47. The minimum Gasteiger partial charge on any atom is -0.297 e. The Bertz CT molecular complexity index is 1000. The van der Waals surface area contributed by atoms with Crippen LogP contribution < -0.4 is 0 Å². The van der Waals surface area contributed by atoms with Gasteiger partial charge in [0.25, 0.3) is 0 Å². The van der Waals surface area contributed by atoms with E-state index in [9.17, 15) is 13.2 Å². The highest BCUT2D eigenvalue weighted by molar-refractivity contribution is 9.10. The van der Waals surface area contributed by atoms with Crippen molar-refractivity contribution in [3.8, 4) is 0 Å². The molecule has 0 aromatic heterocycles. The topological polar surface area (TPSA) is 54.5 Å². The molecule has 2 fully saturated rings. The highest BCUT2D eigenvalue weighted by Gasteiger charge is 2.72. The SMILES string of the molecule is Cc1ccc(S(=O)(=O)N2CC(=O)[C@@]3(c4cccc(Br)c4)C[C@@]3(C)C2)cc1. The van der Waals surface area contributed by atoms with E-state index in [4.69, 9.17) is 0 Å². The van der Waals surface area contributed by atoms with E-state index < -0.39 is 15.4 Å². The summed E-state index contributed by atoms with van der Waals surface area (Å²) in [6.07, 6.45) is 0.690. The Labute approximate surface area is 162 Å². The van der Waals surface area contributed by atoms with Crippen LogP contribution in [0.15, 0.2) is 57.9 Å². The second kappa shape index (κ2) is 5.75. The highest BCUT2D eigenvalue weighted by atomic mass is 79.9. The number of rotatable bonds is 3. The highest BCUT2D eigenvalue weighted by Crippen LogP contribution is 2.67. The number of hydrogen-bond acceptors (Lipinski definition) is 3. The van der Waals surface area contributed by atoms with E-state index in [-0.39, 0.29) is 22.6 Å². The van der Waals surface area contributed by atoms with Gasteiger partial charge in [-0.2, -0.15) is 4.31 Å². The first-order valence-corrected chi connectivity index (χ1v) is 10.8. The minimum atomic E-state index is -3.67. The number of carbonyl (C=O) groups excluding carboxylic acids is 1. The lowest BCUT2D eigenvalue weighted by molar-refractivity contribution is -0.124. The molecular weight excluding hydrogens is 414 g/mol. The number of fused-ring (bicyclic) bond motifs is 1. The zero-order valence-corrected chi connectivity index (χ0v) is 17.1. The molecule has 0 spiro atoms. The molecule has 1 saturated carbocycles. The van der Waals surface area contributed by atoms with Crippen LogP contribution >= 0.6 is 15.9 Å². The second-order valence-corrected chi connectivity index (χ2v) is 10.5. The Hall–Kier alpha value is -1.50. The number of halogens is 1. The summed E-state index contributed by atoms with van der Waals surface area (Å²) in [4.78, 5) is 13.3. The average Bonchev–Trinajstić information content (AvgIpc) is 3.23. The van der Waals surface area contributed by atoms with Crippen molar-refractivity contribution in [3.05, 3.63) is 64.1 Å². The van der Waals surface area contributed by atoms with Gasteiger partial charge in [-0.3, -0.25) is 4.79 Å². The van der Waals surface area contributed by atoms with Crippen molar-refractivity contribution >= 4 is 31.7 Å². The maximum Gasteiger partial charge on any atom is 0.243 e. The maximum absolute atomic E-state index is 13.1. The largest absolute Gasteiger partial charge is 0.297 e. The molecular formula is C20H20BrNO3S. The number of Topliss-reactive ketones (excluding diaryl/α,β-unsaturated/α-hetero) is 1. The van der Waals surface area contributed by atoms with E-state index in [1.165, 1.54) is 4.31 Å². The number of nitrogens with zero attached hydrogens (tertiary/aromatic N) is 1. The molecule has 136 valence electrons. The molecule has 0 amide bonds. The van der Waals surface area contributed by atoms with E-state index in [1.54, 1.807) is 24.3 Å². The lowest BCUT2D eigenvalue weighted by atomic mass is 9.81. The molecule has 2 aliphatic rings. The molecule has 26 heavy (non-hydrogen) atoms. The lowest BCUT2D eigenvalue weighted by Crippen LogP contribution is -2.49. The molecule has 2 aromatic carbocycles. The normalized spacial score (nSPS) is 28.7. The minimum absolute atomic E-state index is 0.0139. The number of sulfonamides is 1. The molecule has 0 unspecified atom stereocenters. The van der Waals surface area contributed by atoms with Crippen LogP contribution in [0.5, 0.6) is 0 Å². The molecule has 0 N–H and O–H groups in total. The van der Waals surface area contributed by atoms with Crippen LogP contribution in [0.3, 0.4) is 0 Å². The van der Waals surface area contributed by atoms with Crippen LogP contribution in [0.2, 0.25) is 0 Å². The summed E-state index contributed by atoms with van der Waals surface area (Å²) in [5.41, 5.74) is 1.06. The Morgan fingerprint density at radius 1 is 1.12 bits per heavy atom. The number of piperidine rings is 1. The monoisotopic (exact) mass is 433 g/mol. The van der Waals surface area contributed by atoms with E-state index in [0.29, 0.717) is 13.0 Å². The van der Waals surface area contributed by atoms with Crippen molar-refractivity contribution in [2.24, 2.45) is 5.41 Å². The van der Waals surface area contributed by atoms with Gasteiger partial charge in [0.1, 0.15) is 0 Å². The van der Waals surface area contributed by atoms with Crippen LogP contribution in [0, 0.1) is 12.3 Å². The van der Waals surface area contributed by atoms with Gasteiger partial charge in [-0.1, -0.05) is 52.7 Å². The number of ketones is 1. The van der Waals surface area contributed by atoms with Crippen LogP contribution in [0.25, 0.3) is 0 Å². The van der Waals surface area contributed by atoms with Gasteiger partial charge in [-0.15, -0.1) is 0 Å². The van der Waals surface area contributed by atoms with Gasteiger partial charge in [-0.05, 0) is 48.6 Å². The first-order chi connectivity index (χ1) is 12.2. The van der Waals surface area contributed by atoms with Gasteiger partial charge in [0.05, 0.1) is 16.9 Å². The van der Waals surface area contributed by atoms with Crippen molar-refractivity contribution in [1.29, 1.82) is 0 Å². The predicted octanol–water partition coefficient (Wildman–Crippen LogP) is 3.68. The predicted molar refractivity (Wildman–Crippen MR) is 103 cm³/mol. The standard InChI is InChI=1S/C20H20BrNO3S/c1-14-6-8-17(9-7-14)26(24,25)22-11-18(23)20(12-19(20,2)13-22)15-4-3-5-16(21)10-15/h3-10H,11-13H2,1-2H3/t19-,20-/m0/s1. The first-order valence-electron chi connectivity index (χ1n) is 8.55. The summed E-state index contributed by atoms with van der Waals surface area (Å²) in [6, 6.07) is 14.6. The van der Waals surface area contributed by atoms with Crippen molar-refractivity contribution in [2.75, 3.05) is 13.1 Å². The molecule has 1 heterocycles. The molecule has 4 nitrogen and oxygen atoms in total. The third-order valence-corrected chi connectivity index (χ3v) is 8.16. The second-order valence-electron chi connectivity index (χ2n) is 7.66. The molecule has 1 saturated heterocycles. The lowest BCUT2D eigenvalue weighted by Gasteiger charge is -2.34. The van der Waals surface area contributed by atoms with Gasteiger partial charge in [0.15, 0.2) is 5.78 Å². The Balaban J connectivity index is 1.68. The van der Waals surface area contributed by atoms with E-state index in [0.717, 1.165) is 15.6 Å². The zero-order chi connectivity index (χ0) is 18.7. The van der Waals surface area contributed by atoms with Crippen molar-refractivity contribution in [2.45, 2.75) is 30.6 Å². The molecule has 0 radical (unpaired) electrons. The van der Waals surface area contributed by atoms with Crippen LogP contribution in [-0.2, 0) is 20.2 Å². The molecule has 4 rings (SSSR count). The molecule has 0 bridgehead atoms. The first kappa shape index (κ1) is 17.9. The zero-order valence-electron chi connectivity index (χ0n) is 14.7. The summed E-state index contributed by atoms with van der Waals surface area (Å²) in [5.74, 6) is -0.0139. The smallest absolute Gasteiger partial charge is 0.243 e. The molecule has 1 aliphatic carbocycles. The van der Waals surface area contributed by atoms with Crippen LogP contribution in [0.4, 0.5) is 0 Å². The van der Waals surface area contributed by atoms with Crippen molar-refractivity contribution < 1.29 is 13.2 Å². The summed E-state index contributed by atoms with van der Waals surface area (Å²) in [7, 11) is -3.67. The average molecular weight is 434 g/mol. The number of hydrogen-bond donors (Lipinski definition) is 0. The summed E-state index contributed by atoms with van der Waals surface area (Å²) in [5, 5.41) is 0. The van der Waals surface area contributed by atoms with E-state index in [1.807, 2.05) is 38.1 Å². The van der Waals surface area contributed by atoms with E-state index >= 15 is 0 Å². The van der Waals surface area contributed by atoms with Gasteiger partial charge < -0.3 is 0 Å². The van der Waals surface area contributed by atoms with Gasteiger partial charge >= 0.3 is 0 Å². The number of carbonyl (C=O) groups is 1. The van der Waals surface area contributed by atoms with E-state index in [2.05, 4.69) is 15.9 Å². The fourth-order valence-corrected chi connectivity index (χ4v) is 6.22. The van der Waals surface area contributed by atoms with Crippen molar-refractivity contribution in [1.82, 2.24) is 4.31 Å². The van der Waals surface area contributed by atoms with Gasteiger partial charge in [-0.25, -0.2) is 8.42 Å². The Morgan fingerprint density at radius 3 is 2.42 bits per heavy atom. The molecule has 2 atom stereocenters. The van der Waals surface area contributed by atoms with Gasteiger partial charge in [0.2, 0.25) is 10.0 Å². The quantitative estimate of drug-likeness (QED) is 0.741. The third kappa shape index (κ3) is 2.50. The van der Waals surface area contributed by atoms with Crippen LogP contribution in [-0.4, -0.2) is 31.6 Å². The number of benzene rings is 2.